The van der Waals surface area contributed by atoms with Crippen molar-refractivity contribution in [3.63, 3.8) is 0 Å². The van der Waals surface area contributed by atoms with E-state index in [4.69, 9.17) is 27.0 Å². The standard InChI is InChI=1S/C56H92N12O20/c1-27(2)22-33(58)48(78)66-44(28(3)4)53(83)65-38(24-41(59)73)52(82)61-35(18-20-43(76)88-26-40(72)39(71)25-69)50(80)67-45(29(5)6)54(84)68-46(31(8)70)55(85)62-34(17-19-42(74)75)49(79)64-37(23-32-14-10-9-11-15-32)51(81)60-30(7)47(77)63-36(56(86)87)16-12-13-21-57/h9-11,14-15,27-31,33-40,44-46,69-72H,12-13,16-26,57-58H2,1-8H3,(H2,59,73)(H,60,81)(H,61,82)(H,62,85)(H,63,77)(H,64,79)(H,65,83)(H,66,78)(H,67,80)(H,68,84)(H,74,75)(H,86,87)/t30-,31+,33-,34-,35-,36-,37-,38-,39?,40?,44-,45-,46-/m0/s1. The van der Waals surface area contributed by atoms with Gasteiger partial charge in [-0.3, -0.25) is 57.5 Å². The molecule has 10 amide bonds. The van der Waals surface area contributed by atoms with Gasteiger partial charge in [0.2, 0.25) is 59.1 Å². The summed E-state index contributed by atoms with van der Waals surface area (Å²) in [4.78, 5) is 173. The van der Waals surface area contributed by atoms with E-state index in [1.807, 2.05) is 13.8 Å². The third-order valence-corrected chi connectivity index (χ3v) is 13.5. The number of ether oxygens (including phenoxy) is 1. The fourth-order valence-electron chi connectivity index (χ4n) is 8.36. The van der Waals surface area contributed by atoms with Gasteiger partial charge in [0.05, 0.1) is 25.2 Å². The van der Waals surface area contributed by atoms with Gasteiger partial charge >= 0.3 is 17.9 Å². The van der Waals surface area contributed by atoms with E-state index in [9.17, 15) is 87.9 Å². The third kappa shape index (κ3) is 29.2. The molecule has 0 aliphatic rings. The number of carboxylic acid groups (broad SMARTS) is 2. The molecule has 21 N–H and O–H groups in total. The Hall–Kier alpha value is -7.91. The monoisotopic (exact) mass is 1250 g/mol. The molecule has 2 unspecified atom stereocenters. The number of amides is 10. The lowest BCUT2D eigenvalue weighted by Crippen LogP contribution is -2.63. The number of nitrogens with one attached hydrogen (secondary N) is 9. The molecule has 0 aliphatic carbocycles. The van der Waals surface area contributed by atoms with E-state index < -0.39 is 213 Å². The molecule has 1 aromatic carbocycles. The molecule has 32 heteroatoms. The van der Waals surface area contributed by atoms with E-state index >= 15 is 0 Å². The summed E-state index contributed by atoms with van der Waals surface area (Å²) in [6.45, 7) is 10.5. The zero-order chi connectivity index (χ0) is 67.1. The molecule has 1 aromatic rings. The van der Waals surface area contributed by atoms with Crippen LogP contribution in [0.15, 0.2) is 30.3 Å². The molecule has 0 aliphatic heterocycles. The molecule has 0 aromatic heterocycles. The summed E-state index contributed by atoms with van der Waals surface area (Å²) in [6, 6.07) is -7.58. The summed E-state index contributed by atoms with van der Waals surface area (Å²) in [5.74, 6) is -16.1. The number of aliphatic hydroxyl groups is 4. The van der Waals surface area contributed by atoms with Crippen LogP contribution in [0.4, 0.5) is 0 Å². The molecule has 0 saturated heterocycles. The molecule has 32 nitrogen and oxygen atoms in total. The van der Waals surface area contributed by atoms with Crippen LogP contribution in [0.1, 0.15) is 119 Å². The zero-order valence-electron chi connectivity index (χ0n) is 50.9. The number of carboxylic acids is 2. The molecule has 0 saturated carbocycles. The van der Waals surface area contributed by atoms with Gasteiger partial charge < -0.3 is 100 Å². The minimum atomic E-state index is -1.98. The maximum absolute atomic E-state index is 14.3. The van der Waals surface area contributed by atoms with Crippen molar-refractivity contribution in [1.29, 1.82) is 0 Å². The number of aliphatic carboxylic acids is 2. The maximum Gasteiger partial charge on any atom is 0.326 e. The molecule has 0 spiro atoms. The van der Waals surface area contributed by atoms with E-state index in [1.165, 1.54) is 20.8 Å². The van der Waals surface area contributed by atoms with Crippen molar-refractivity contribution in [1.82, 2.24) is 47.9 Å². The first-order valence-electron chi connectivity index (χ1n) is 28.9. The van der Waals surface area contributed by atoms with E-state index in [0.717, 1.165) is 6.92 Å². The summed E-state index contributed by atoms with van der Waals surface area (Å²) in [5, 5.41) is 80.5. The van der Waals surface area contributed by atoms with Crippen LogP contribution in [0.3, 0.4) is 0 Å². The minimum absolute atomic E-state index is 0.00342. The predicted octanol–water partition coefficient (Wildman–Crippen LogP) is -5.33. The number of rotatable bonds is 42. The van der Waals surface area contributed by atoms with Gasteiger partial charge in [0.1, 0.15) is 73.2 Å². The molecule has 0 radical (unpaired) electrons. The fourth-order valence-corrected chi connectivity index (χ4v) is 8.36. The Morgan fingerprint density at radius 3 is 1.50 bits per heavy atom. The van der Waals surface area contributed by atoms with Crippen LogP contribution in [0.5, 0.6) is 0 Å². The molecule has 0 bridgehead atoms. The van der Waals surface area contributed by atoms with Crippen molar-refractivity contribution in [2.45, 2.75) is 198 Å². The first-order valence-corrected chi connectivity index (χ1v) is 28.9. The van der Waals surface area contributed by atoms with E-state index in [-0.39, 0.29) is 31.7 Å². The Bertz CT molecular complexity index is 2500. The molecule has 88 heavy (non-hydrogen) atoms. The van der Waals surface area contributed by atoms with Crippen LogP contribution in [-0.4, -0.2) is 206 Å². The van der Waals surface area contributed by atoms with E-state index in [0.29, 0.717) is 18.4 Å². The molecule has 496 valence electrons. The normalized spacial score (nSPS) is 15.7. The van der Waals surface area contributed by atoms with Crippen LogP contribution in [-0.2, 0) is 73.5 Å². The third-order valence-electron chi connectivity index (χ3n) is 13.5. The van der Waals surface area contributed by atoms with Crippen molar-refractivity contribution in [3.8, 4) is 0 Å². The van der Waals surface area contributed by atoms with Gasteiger partial charge in [0, 0.05) is 19.3 Å². The number of hydrogen-bond acceptors (Lipinski definition) is 20. The number of carbonyl (C=O) groups excluding carboxylic acids is 11. The highest BCUT2D eigenvalue weighted by molar-refractivity contribution is 5.99. The average molecular weight is 1250 g/mol. The highest BCUT2D eigenvalue weighted by Crippen LogP contribution is 2.13. The van der Waals surface area contributed by atoms with Gasteiger partial charge in [-0.25, -0.2) is 4.79 Å². The van der Waals surface area contributed by atoms with Crippen LogP contribution >= 0.6 is 0 Å². The Morgan fingerprint density at radius 2 is 0.989 bits per heavy atom. The maximum atomic E-state index is 14.3. The summed E-state index contributed by atoms with van der Waals surface area (Å²) < 4.78 is 4.96. The van der Waals surface area contributed by atoms with Crippen LogP contribution in [0.25, 0.3) is 0 Å². The quantitative estimate of drug-likeness (QED) is 0.0215. The average Bonchev–Trinajstić information content (AvgIpc) is 1.65. The predicted molar refractivity (Wildman–Crippen MR) is 312 cm³/mol. The number of unbranched alkanes of at least 4 members (excludes halogenated alkanes) is 1. The highest BCUT2D eigenvalue weighted by atomic mass is 16.5. The Kier molecular flexibility index (Phi) is 35.3. The topological polar surface area (TPSA) is 539 Å². The molecular formula is C56H92N12O20. The summed E-state index contributed by atoms with van der Waals surface area (Å²) in [6.07, 6.45) is -7.98. The lowest BCUT2D eigenvalue weighted by atomic mass is 9.99. The van der Waals surface area contributed by atoms with Gasteiger partial charge in [-0.1, -0.05) is 71.9 Å². The lowest BCUT2D eigenvalue weighted by molar-refractivity contribution is -0.150. The summed E-state index contributed by atoms with van der Waals surface area (Å²) >= 11 is 0. The summed E-state index contributed by atoms with van der Waals surface area (Å²) in [7, 11) is 0. The smallest absolute Gasteiger partial charge is 0.326 e. The largest absolute Gasteiger partial charge is 0.481 e. The molecule has 0 heterocycles. The van der Waals surface area contributed by atoms with Crippen molar-refractivity contribution in [2.75, 3.05) is 19.8 Å². The van der Waals surface area contributed by atoms with Crippen LogP contribution in [0.2, 0.25) is 0 Å². The zero-order valence-corrected chi connectivity index (χ0v) is 50.9. The lowest BCUT2D eigenvalue weighted by Gasteiger charge is -2.30. The SMILES string of the molecule is CC(C)C[C@H](N)C(=O)N[C@H](C(=O)N[C@@H](CC(N)=O)C(=O)N[C@@H](CCC(=O)OCC(O)C(O)CO)C(=O)N[C@H](C(=O)N[C@H](C(=O)N[C@@H](CCC(=O)O)C(=O)N[C@@H](Cc1ccccc1)C(=O)N[C@@H](C)C(=O)N[C@@H](CCCCN)C(=O)O)[C@@H](C)O)C(C)C)C(C)C. The minimum Gasteiger partial charge on any atom is -0.481 e. The second kappa shape index (κ2) is 39.8. The number of aliphatic hydroxyl groups excluding tert-OH is 4. The van der Waals surface area contributed by atoms with Gasteiger partial charge in [0.25, 0.3) is 0 Å². The van der Waals surface area contributed by atoms with E-state index in [2.05, 4.69) is 47.9 Å². The number of primary amides is 1. The highest BCUT2D eigenvalue weighted by Gasteiger charge is 2.38. The number of hydrogen-bond donors (Lipinski definition) is 18. The van der Waals surface area contributed by atoms with Crippen molar-refractivity contribution in [3.05, 3.63) is 35.9 Å². The van der Waals surface area contributed by atoms with Crippen molar-refractivity contribution in [2.24, 2.45) is 35.0 Å². The molecule has 13 atom stereocenters. The van der Waals surface area contributed by atoms with Gasteiger partial charge in [-0.05, 0) is 82.2 Å². The summed E-state index contributed by atoms with van der Waals surface area (Å²) in [5.41, 5.74) is 17.5. The van der Waals surface area contributed by atoms with E-state index in [1.54, 1.807) is 44.2 Å². The Labute approximate surface area is 510 Å². The molecular weight excluding hydrogens is 1160 g/mol. The second-order valence-electron chi connectivity index (χ2n) is 22.4. The Balaban J connectivity index is 3.63. The fraction of sp³-hybridized carbons (Fsp3) is 0.661. The number of esters is 1. The van der Waals surface area contributed by atoms with Crippen LogP contribution in [0, 0.1) is 17.8 Å². The van der Waals surface area contributed by atoms with Crippen molar-refractivity contribution >= 4 is 77.0 Å². The first-order chi connectivity index (χ1) is 41.1. The second-order valence-corrected chi connectivity index (χ2v) is 22.4. The number of benzene rings is 1. The van der Waals surface area contributed by atoms with Crippen LogP contribution < -0.4 is 65.1 Å². The van der Waals surface area contributed by atoms with Gasteiger partial charge in [-0.2, -0.15) is 0 Å². The first kappa shape index (κ1) is 78.1. The number of carbonyl (C=O) groups is 13. The van der Waals surface area contributed by atoms with Gasteiger partial charge in [0.15, 0.2) is 0 Å². The van der Waals surface area contributed by atoms with Gasteiger partial charge in [-0.15, -0.1) is 0 Å². The molecule has 1 rings (SSSR count). The molecule has 0 fully saturated rings. The van der Waals surface area contributed by atoms with Crippen molar-refractivity contribution < 1.29 is 97.7 Å². The number of nitrogens with two attached hydrogens (primary N) is 3. The Morgan fingerprint density at radius 1 is 0.523 bits per heavy atom.